The van der Waals surface area contributed by atoms with Crippen LogP contribution in [0, 0.1) is 5.92 Å². The highest BCUT2D eigenvalue weighted by Crippen LogP contribution is 2.32. The van der Waals surface area contributed by atoms with Crippen molar-refractivity contribution in [3.63, 3.8) is 0 Å². The minimum Gasteiger partial charge on any atom is -0.489 e. The van der Waals surface area contributed by atoms with Crippen molar-refractivity contribution in [2.75, 3.05) is 19.8 Å². The Morgan fingerprint density at radius 1 is 1.13 bits per heavy atom. The van der Waals surface area contributed by atoms with E-state index in [0.29, 0.717) is 30.5 Å². The zero-order valence-electron chi connectivity index (χ0n) is 17.6. The van der Waals surface area contributed by atoms with Crippen LogP contribution in [0.25, 0.3) is 0 Å². The number of fused-ring (bicyclic) bond motifs is 1. The summed E-state index contributed by atoms with van der Waals surface area (Å²) in [5.74, 6) is 0.550. The summed E-state index contributed by atoms with van der Waals surface area (Å²) in [6.07, 6.45) is 5.21. The average Bonchev–Trinajstić information content (AvgIpc) is 3.04. The molecule has 3 amide bonds. The van der Waals surface area contributed by atoms with Gasteiger partial charge in [0.05, 0.1) is 13.2 Å². The molecular formula is C23H29N3O5. The number of hydrogen-bond donors (Lipinski definition) is 2. The molecule has 3 fully saturated rings. The van der Waals surface area contributed by atoms with E-state index in [1.165, 1.54) is 6.42 Å². The summed E-state index contributed by atoms with van der Waals surface area (Å²) in [6, 6.07) is 5.32. The van der Waals surface area contributed by atoms with Crippen molar-refractivity contribution in [2.24, 2.45) is 5.92 Å². The molecular weight excluding hydrogens is 398 g/mol. The molecule has 0 aromatic heterocycles. The summed E-state index contributed by atoms with van der Waals surface area (Å²) in [7, 11) is 0. The lowest BCUT2D eigenvalue weighted by Crippen LogP contribution is -2.52. The number of hydrogen-bond acceptors (Lipinski definition) is 6. The fourth-order valence-electron chi connectivity index (χ4n) is 4.99. The first-order valence-electron chi connectivity index (χ1n) is 11.3. The van der Waals surface area contributed by atoms with Crippen molar-refractivity contribution in [3.8, 4) is 5.75 Å². The topological polar surface area (TPSA) is 97.0 Å². The standard InChI is InChI=1S/C23H29N3O5/c27-21-8-7-19(22(28)25-21)26-11-15-9-16(5-6-17(15)23(26)29)31-20-4-2-1-3-18(20)24-10-14-12-30-13-14/h5-6,9,14,18-20,24H,1-4,7-8,10-13H2,(H,25,27,28)/t18-,19?,20+/m0/s1. The molecule has 0 bridgehead atoms. The van der Waals surface area contributed by atoms with E-state index in [9.17, 15) is 14.4 Å². The number of nitrogens with one attached hydrogen (secondary N) is 2. The van der Waals surface area contributed by atoms with Crippen LogP contribution in [0.3, 0.4) is 0 Å². The Hall–Kier alpha value is -2.45. The van der Waals surface area contributed by atoms with Crippen LogP contribution in [-0.2, 0) is 20.9 Å². The van der Waals surface area contributed by atoms with Crippen LogP contribution in [0.5, 0.6) is 5.75 Å². The van der Waals surface area contributed by atoms with Crippen LogP contribution < -0.4 is 15.4 Å². The Balaban J connectivity index is 1.25. The third-order valence-electron chi connectivity index (χ3n) is 6.86. The van der Waals surface area contributed by atoms with Crippen molar-refractivity contribution in [2.45, 2.75) is 63.3 Å². The molecule has 31 heavy (non-hydrogen) atoms. The zero-order valence-corrected chi connectivity index (χ0v) is 17.6. The molecule has 166 valence electrons. The van der Waals surface area contributed by atoms with E-state index in [2.05, 4.69) is 10.6 Å². The molecule has 1 unspecified atom stereocenters. The number of piperidine rings is 1. The number of carbonyl (C=O) groups is 3. The maximum Gasteiger partial charge on any atom is 0.255 e. The van der Waals surface area contributed by atoms with Gasteiger partial charge in [-0.05, 0) is 49.4 Å². The van der Waals surface area contributed by atoms with E-state index in [1.807, 2.05) is 12.1 Å². The maximum atomic E-state index is 12.9. The van der Waals surface area contributed by atoms with E-state index in [4.69, 9.17) is 9.47 Å². The van der Waals surface area contributed by atoms with Gasteiger partial charge in [-0.1, -0.05) is 6.42 Å². The number of imide groups is 1. The molecule has 8 heteroatoms. The first-order chi connectivity index (χ1) is 15.1. The largest absolute Gasteiger partial charge is 0.489 e. The predicted octanol–water partition coefficient (Wildman–Crippen LogP) is 1.37. The van der Waals surface area contributed by atoms with Gasteiger partial charge in [-0.2, -0.15) is 0 Å². The smallest absolute Gasteiger partial charge is 0.255 e. The minimum atomic E-state index is -0.593. The summed E-state index contributed by atoms with van der Waals surface area (Å²) < 4.78 is 11.6. The Bertz CT molecular complexity index is 884. The molecule has 4 aliphatic rings. The van der Waals surface area contributed by atoms with Crippen LogP contribution in [0.4, 0.5) is 0 Å². The van der Waals surface area contributed by atoms with Gasteiger partial charge >= 0.3 is 0 Å². The average molecular weight is 428 g/mol. The fourth-order valence-corrected chi connectivity index (χ4v) is 4.99. The monoisotopic (exact) mass is 427 g/mol. The van der Waals surface area contributed by atoms with Gasteiger partial charge < -0.3 is 19.7 Å². The van der Waals surface area contributed by atoms with E-state index in [0.717, 1.165) is 50.3 Å². The number of nitrogens with zero attached hydrogens (tertiary/aromatic N) is 1. The molecule has 3 atom stereocenters. The van der Waals surface area contributed by atoms with E-state index >= 15 is 0 Å². The second kappa shape index (κ2) is 8.59. The van der Waals surface area contributed by atoms with Gasteiger partial charge in [0.1, 0.15) is 17.9 Å². The zero-order chi connectivity index (χ0) is 21.4. The summed E-state index contributed by atoms with van der Waals surface area (Å²) >= 11 is 0. The molecule has 1 aromatic rings. The molecule has 5 rings (SSSR count). The second-order valence-corrected chi connectivity index (χ2v) is 9.08. The highest BCUT2D eigenvalue weighted by Gasteiger charge is 2.39. The minimum absolute atomic E-state index is 0.108. The fraction of sp³-hybridized carbons (Fsp3) is 0.609. The summed E-state index contributed by atoms with van der Waals surface area (Å²) in [4.78, 5) is 38.1. The van der Waals surface area contributed by atoms with Gasteiger partial charge in [0.15, 0.2) is 0 Å². The third kappa shape index (κ3) is 4.19. The summed E-state index contributed by atoms with van der Waals surface area (Å²) in [6.45, 7) is 3.01. The molecule has 1 aromatic carbocycles. The highest BCUT2D eigenvalue weighted by molar-refractivity contribution is 6.05. The first-order valence-corrected chi connectivity index (χ1v) is 11.3. The van der Waals surface area contributed by atoms with Crippen LogP contribution in [0.2, 0.25) is 0 Å². The van der Waals surface area contributed by atoms with E-state index in [1.54, 1.807) is 11.0 Å². The lowest BCUT2D eigenvalue weighted by Gasteiger charge is -2.35. The molecule has 2 N–H and O–H groups in total. The normalized spacial score (nSPS) is 28.8. The van der Waals surface area contributed by atoms with Gasteiger partial charge in [0.25, 0.3) is 5.91 Å². The van der Waals surface area contributed by atoms with Gasteiger partial charge in [0.2, 0.25) is 11.8 Å². The van der Waals surface area contributed by atoms with Crippen molar-refractivity contribution in [3.05, 3.63) is 29.3 Å². The second-order valence-electron chi connectivity index (χ2n) is 9.08. The molecule has 0 spiro atoms. The number of rotatable bonds is 6. The molecule has 0 radical (unpaired) electrons. The van der Waals surface area contributed by atoms with Crippen LogP contribution in [0.1, 0.15) is 54.4 Å². The summed E-state index contributed by atoms with van der Waals surface area (Å²) in [5, 5.41) is 6.01. The van der Waals surface area contributed by atoms with Crippen molar-refractivity contribution < 1.29 is 23.9 Å². The van der Waals surface area contributed by atoms with Gasteiger partial charge in [0, 0.05) is 37.0 Å². The molecule has 1 saturated carbocycles. The van der Waals surface area contributed by atoms with Gasteiger partial charge in [-0.3, -0.25) is 19.7 Å². The number of carbonyl (C=O) groups excluding carboxylic acids is 3. The number of ether oxygens (including phenoxy) is 2. The van der Waals surface area contributed by atoms with E-state index < -0.39 is 6.04 Å². The van der Waals surface area contributed by atoms with Crippen molar-refractivity contribution in [1.82, 2.24) is 15.5 Å². The molecule has 1 aliphatic carbocycles. The lowest BCUT2D eigenvalue weighted by molar-refractivity contribution is -0.136. The highest BCUT2D eigenvalue weighted by atomic mass is 16.5. The van der Waals surface area contributed by atoms with Crippen molar-refractivity contribution in [1.29, 1.82) is 0 Å². The van der Waals surface area contributed by atoms with Gasteiger partial charge in [-0.25, -0.2) is 0 Å². The van der Waals surface area contributed by atoms with Crippen LogP contribution in [0.15, 0.2) is 18.2 Å². The molecule has 8 nitrogen and oxygen atoms in total. The summed E-state index contributed by atoms with van der Waals surface area (Å²) in [5.41, 5.74) is 1.49. The SMILES string of the molecule is O=C1CCC(N2Cc3cc(O[C@@H]4CCCC[C@@H]4NCC4COC4)ccc3C2=O)C(=O)N1. The van der Waals surface area contributed by atoms with Crippen LogP contribution >= 0.6 is 0 Å². The Morgan fingerprint density at radius 3 is 2.74 bits per heavy atom. The van der Waals surface area contributed by atoms with Crippen molar-refractivity contribution >= 4 is 17.7 Å². The number of amides is 3. The Labute approximate surface area is 181 Å². The van der Waals surface area contributed by atoms with Gasteiger partial charge in [-0.15, -0.1) is 0 Å². The van der Waals surface area contributed by atoms with Crippen LogP contribution in [-0.4, -0.2) is 60.6 Å². The predicted molar refractivity (Wildman–Crippen MR) is 111 cm³/mol. The number of benzene rings is 1. The third-order valence-corrected chi connectivity index (χ3v) is 6.86. The quantitative estimate of drug-likeness (QED) is 0.666. The Morgan fingerprint density at radius 2 is 1.97 bits per heavy atom. The molecule has 2 saturated heterocycles. The van der Waals surface area contributed by atoms with E-state index in [-0.39, 0.29) is 30.2 Å². The maximum absolute atomic E-state index is 12.9. The molecule has 3 heterocycles. The molecule has 3 aliphatic heterocycles. The lowest BCUT2D eigenvalue weighted by atomic mass is 9.91. The first kappa shape index (κ1) is 20.5. The Kier molecular flexibility index (Phi) is 5.67.